The maximum atomic E-state index is 4.26. The maximum absolute atomic E-state index is 4.26. The Bertz CT molecular complexity index is 370. The Hall–Kier alpha value is -1.16. The zero-order valence-corrected chi connectivity index (χ0v) is 7.75. The smallest absolute Gasteiger partial charge is 0.106 e. The largest absolute Gasteiger partial charge is 0.343 e. The van der Waals surface area contributed by atoms with E-state index >= 15 is 0 Å². The molecule has 0 saturated carbocycles. The number of hydrogen-bond acceptors (Lipinski definition) is 2. The third-order valence-corrected chi connectivity index (χ3v) is 1.93. The van der Waals surface area contributed by atoms with Crippen LogP contribution in [0.4, 0.5) is 0 Å². The van der Waals surface area contributed by atoms with Crippen molar-refractivity contribution < 1.29 is 0 Å². The van der Waals surface area contributed by atoms with Crippen LogP contribution in [0.5, 0.6) is 0 Å². The number of nitrogens with zero attached hydrogens (tertiary/aromatic N) is 2. The standard InChI is InChI=1S/C8H6BrN3/c9-8-3-1-2-6(12-8)7-4-10-5-11-7/h1-5H,(H,10,11). The molecule has 1 N–H and O–H groups in total. The molecule has 2 rings (SSSR count). The van der Waals surface area contributed by atoms with Crippen LogP contribution < -0.4 is 0 Å². The van der Waals surface area contributed by atoms with E-state index in [0.717, 1.165) is 16.0 Å². The highest BCUT2D eigenvalue weighted by Gasteiger charge is 1.99. The van der Waals surface area contributed by atoms with Gasteiger partial charge in [-0.05, 0) is 28.1 Å². The summed E-state index contributed by atoms with van der Waals surface area (Å²) in [6, 6.07) is 5.76. The number of hydrogen-bond donors (Lipinski definition) is 1. The second-order valence-electron chi connectivity index (χ2n) is 2.31. The van der Waals surface area contributed by atoms with Gasteiger partial charge in [-0.1, -0.05) is 6.07 Å². The average Bonchev–Trinajstić information content (AvgIpc) is 2.56. The van der Waals surface area contributed by atoms with Gasteiger partial charge in [-0.2, -0.15) is 0 Å². The molecular formula is C8H6BrN3. The summed E-state index contributed by atoms with van der Waals surface area (Å²) in [4.78, 5) is 11.2. The number of pyridine rings is 1. The van der Waals surface area contributed by atoms with E-state index in [9.17, 15) is 0 Å². The highest BCUT2D eigenvalue weighted by Crippen LogP contribution is 2.15. The van der Waals surface area contributed by atoms with Gasteiger partial charge in [-0.3, -0.25) is 0 Å². The van der Waals surface area contributed by atoms with Gasteiger partial charge in [-0.25, -0.2) is 9.97 Å². The van der Waals surface area contributed by atoms with Crippen LogP contribution in [0.3, 0.4) is 0 Å². The molecule has 0 aromatic carbocycles. The third kappa shape index (κ3) is 1.38. The van der Waals surface area contributed by atoms with Gasteiger partial charge in [-0.15, -0.1) is 0 Å². The molecule has 0 unspecified atom stereocenters. The van der Waals surface area contributed by atoms with Crippen molar-refractivity contribution >= 4 is 15.9 Å². The van der Waals surface area contributed by atoms with Crippen LogP contribution in [0.1, 0.15) is 0 Å². The van der Waals surface area contributed by atoms with Gasteiger partial charge in [0.05, 0.1) is 23.9 Å². The van der Waals surface area contributed by atoms with E-state index in [2.05, 4.69) is 30.9 Å². The van der Waals surface area contributed by atoms with Crippen LogP contribution in [0.25, 0.3) is 11.4 Å². The van der Waals surface area contributed by atoms with E-state index in [1.54, 1.807) is 12.5 Å². The quantitative estimate of drug-likeness (QED) is 0.754. The lowest BCUT2D eigenvalue weighted by atomic mass is 10.3. The van der Waals surface area contributed by atoms with Crippen molar-refractivity contribution in [2.75, 3.05) is 0 Å². The van der Waals surface area contributed by atoms with E-state index < -0.39 is 0 Å². The van der Waals surface area contributed by atoms with Gasteiger partial charge in [0.1, 0.15) is 4.60 Å². The maximum Gasteiger partial charge on any atom is 0.106 e. The minimum atomic E-state index is 0.828. The second kappa shape index (κ2) is 3.06. The van der Waals surface area contributed by atoms with Crippen molar-refractivity contribution in [2.24, 2.45) is 0 Å². The Kier molecular flexibility index (Phi) is 1.91. The van der Waals surface area contributed by atoms with Crippen LogP contribution >= 0.6 is 15.9 Å². The Balaban J connectivity index is 2.48. The highest BCUT2D eigenvalue weighted by molar-refractivity contribution is 9.10. The van der Waals surface area contributed by atoms with Gasteiger partial charge in [0.25, 0.3) is 0 Å². The first-order chi connectivity index (χ1) is 5.86. The molecule has 0 aliphatic heterocycles. The molecule has 0 fully saturated rings. The number of aromatic nitrogens is 3. The number of imidazole rings is 1. The van der Waals surface area contributed by atoms with Crippen LogP contribution in [-0.2, 0) is 0 Å². The predicted octanol–water partition coefficient (Wildman–Crippen LogP) is 2.23. The molecule has 3 nitrogen and oxygen atoms in total. The summed E-state index contributed by atoms with van der Waals surface area (Å²) in [7, 11) is 0. The van der Waals surface area contributed by atoms with Gasteiger partial charge in [0.15, 0.2) is 0 Å². The molecule has 2 aromatic rings. The van der Waals surface area contributed by atoms with Crippen molar-refractivity contribution in [1.82, 2.24) is 15.0 Å². The second-order valence-corrected chi connectivity index (χ2v) is 3.12. The van der Waals surface area contributed by atoms with Gasteiger partial charge in [0.2, 0.25) is 0 Å². The van der Waals surface area contributed by atoms with Crippen LogP contribution in [0.2, 0.25) is 0 Å². The summed E-state index contributed by atoms with van der Waals surface area (Å²) in [5, 5.41) is 0. The highest BCUT2D eigenvalue weighted by atomic mass is 79.9. The molecule has 0 atom stereocenters. The first-order valence-corrected chi connectivity index (χ1v) is 4.27. The molecule has 0 bridgehead atoms. The normalized spacial score (nSPS) is 10.1. The van der Waals surface area contributed by atoms with E-state index in [-0.39, 0.29) is 0 Å². The number of halogens is 1. The molecule has 0 amide bonds. The molecular weight excluding hydrogens is 218 g/mol. The van der Waals surface area contributed by atoms with Gasteiger partial charge in [0, 0.05) is 0 Å². The first-order valence-electron chi connectivity index (χ1n) is 3.47. The fraction of sp³-hybridized carbons (Fsp3) is 0. The average molecular weight is 224 g/mol. The third-order valence-electron chi connectivity index (χ3n) is 1.49. The summed E-state index contributed by atoms with van der Waals surface area (Å²) in [5.74, 6) is 0. The van der Waals surface area contributed by atoms with E-state index in [0.29, 0.717) is 0 Å². The lowest BCUT2D eigenvalue weighted by Gasteiger charge is -1.95. The lowest BCUT2D eigenvalue weighted by Crippen LogP contribution is -1.82. The molecule has 0 saturated heterocycles. The predicted molar refractivity (Wildman–Crippen MR) is 49.5 cm³/mol. The van der Waals surface area contributed by atoms with Crippen molar-refractivity contribution in [2.45, 2.75) is 0 Å². The van der Waals surface area contributed by atoms with Gasteiger partial charge < -0.3 is 4.98 Å². The Morgan fingerprint density at radius 1 is 1.33 bits per heavy atom. The minimum Gasteiger partial charge on any atom is -0.343 e. The molecule has 0 radical (unpaired) electrons. The van der Waals surface area contributed by atoms with Crippen LogP contribution in [0.15, 0.2) is 35.3 Å². The fourth-order valence-electron chi connectivity index (χ4n) is 0.954. The molecule has 0 aliphatic carbocycles. The van der Waals surface area contributed by atoms with Crippen molar-refractivity contribution in [1.29, 1.82) is 0 Å². The Morgan fingerprint density at radius 3 is 2.92 bits per heavy atom. The molecule has 4 heteroatoms. The number of H-pyrrole nitrogens is 1. The Morgan fingerprint density at radius 2 is 2.25 bits per heavy atom. The van der Waals surface area contributed by atoms with Gasteiger partial charge >= 0.3 is 0 Å². The fourth-order valence-corrected chi connectivity index (χ4v) is 1.30. The zero-order valence-electron chi connectivity index (χ0n) is 6.16. The zero-order chi connectivity index (χ0) is 8.39. The number of rotatable bonds is 1. The minimum absolute atomic E-state index is 0.828. The van der Waals surface area contributed by atoms with Crippen molar-refractivity contribution in [3.05, 3.63) is 35.3 Å². The van der Waals surface area contributed by atoms with Crippen LogP contribution in [-0.4, -0.2) is 15.0 Å². The molecule has 0 spiro atoms. The van der Waals surface area contributed by atoms with Crippen LogP contribution in [0, 0.1) is 0 Å². The SMILES string of the molecule is Brc1cccc(-c2cnc[nH]2)n1. The van der Waals surface area contributed by atoms with Crippen molar-refractivity contribution in [3.63, 3.8) is 0 Å². The summed E-state index contributed by atoms with van der Waals surface area (Å²) in [5.41, 5.74) is 1.82. The molecule has 0 aliphatic rings. The topological polar surface area (TPSA) is 41.6 Å². The number of nitrogens with one attached hydrogen (secondary N) is 1. The summed E-state index contributed by atoms with van der Waals surface area (Å²) < 4.78 is 0.828. The first kappa shape index (κ1) is 7.49. The molecule has 2 aromatic heterocycles. The molecule has 2 heterocycles. The molecule has 12 heavy (non-hydrogen) atoms. The molecule has 60 valence electrons. The summed E-state index contributed by atoms with van der Waals surface area (Å²) in [6.07, 6.45) is 3.38. The number of aromatic amines is 1. The van der Waals surface area contributed by atoms with E-state index in [1.165, 1.54) is 0 Å². The summed E-state index contributed by atoms with van der Waals surface area (Å²) >= 11 is 3.30. The monoisotopic (exact) mass is 223 g/mol. The van der Waals surface area contributed by atoms with E-state index in [1.807, 2.05) is 18.2 Å². The summed E-state index contributed by atoms with van der Waals surface area (Å²) in [6.45, 7) is 0. The Labute approximate surface area is 78.0 Å². The van der Waals surface area contributed by atoms with Crippen molar-refractivity contribution in [3.8, 4) is 11.4 Å². The van der Waals surface area contributed by atoms with E-state index in [4.69, 9.17) is 0 Å². The lowest BCUT2D eigenvalue weighted by molar-refractivity contribution is 1.24.